The first-order valence-corrected chi connectivity index (χ1v) is 7.34. The van der Waals surface area contributed by atoms with Crippen LogP contribution in [0.2, 0.25) is 0 Å². The van der Waals surface area contributed by atoms with Gasteiger partial charge in [0.05, 0.1) is 17.9 Å². The van der Waals surface area contributed by atoms with Crippen LogP contribution in [0.1, 0.15) is 12.8 Å². The van der Waals surface area contributed by atoms with Crippen molar-refractivity contribution in [1.82, 2.24) is 0 Å². The van der Waals surface area contributed by atoms with Crippen LogP contribution in [-0.2, 0) is 9.84 Å². The van der Waals surface area contributed by atoms with Crippen LogP contribution in [0.4, 0.5) is 0 Å². The topological polar surface area (TPSA) is 81.7 Å². The summed E-state index contributed by atoms with van der Waals surface area (Å²) >= 11 is 1.70. The highest BCUT2D eigenvalue weighted by molar-refractivity contribution is 7.98. The maximum atomic E-state index is 10.2. The smallest absolute Gasteiger partial charge is 0.148 e. The molecule has 0 fully saturated rings. The highest BCUT2D eigenvalue weighted by Gasteiger charge is 1.98. The lowest BCUT2D eigenvalue weighted by Gasteiger charge is -1.85. The molecule has 0 aromatic carbocycles. The second kappa shape index (κ2) is 10.4. The van der Waals surface area contributed by atoms with Crippen molar-refractivity contribution in [2.75, 3.05) is 24.0 Å². The number of nitrogens with zero attached hydrogens (tertiary/aromatic N) is 2. The number of hydrogen-bond acceptors (Lipinski definition) is 5. The number of sulfone groups is 1. The van der Waals surface area contributed by atoms with Crippen LogP contribution in [0.15, 0.2) is 0 Å². The van der Waals surface area contributed by atoms with Crippen LogP contribution in [-0.4, -0.2) is 32.4 Å². The molecule has 0 saturated heterocycles. The fraction of sp³-hybridized carbons (Fsp3) is 0.750. The van der Waals surface area contributed by atoms with Crippen molar-refractivity contribution in [2.24, 2.45) is 0 Å². The quantitative estimate of drug-likeness (QED) is 0.683. The second-order valence-corrected chi connectivity index (χ2v) is 5.68. The van der Waals surface area contributed by atoms with Gasteiger partial charge in [0.15, 0.2) is 0 Å². The van der Waals surface area contributed by atoms with Crippen LogP contribution in [0, 0.1) is 22.7 Å². The van der Waals surface area contributed by atoms with Crippen molar-refractivity contribution < 1.29 is 8.42 Å². The summed E-state index contributed by atoms with van der Waals surface area (Å²) in [7, 11) is -2.91. The van der Waals surface area contributed by atoms with Gasteiger partial charge < -0.3 is 0 Å². The van der Waals surface area contributed by atoms with E-state index in [0.29, 0.717) is 6.42 Å². The summed E-state index contributed by atoms with van der Waals surface area (Å²) in [5.41, 5.74) is 0. The summed E-state index contributed by atoms with van der Waals surface area (Å²) in [4.78, 5) is 0. The predicted molar refractivity (Wildman–Crippen MR) is 58.6 cm³/mol. The molecule has 0 atom stereocenters. The van der Waals surface area contributed by atoms with Gasteiger partial charge in [-0.1, -0.05) is 0 Å². The first-order chi connectivity index (χ1) is 6.47. The molecule has 0 aliphatic carbocycles. The van der Waals surface area contributed by atoms with E-state index in [1.807, 2.05) is 12.3 Å². The van der Waals surface area contributed by atoms with E-state index in [0.717, 1.165) is 12.0 Å². The van der Waals surface area contributed by atoms with E-state index >= 15 is 0 Å². The molecule has 0 aliphatic heterocycles. The van der Waals surface area contributed by atoms with E-state index in [1.54, 1.807) is 17.8 Å². The second-order valence-electron chi connectivity index (χ2n) is 2.44. The molecule has 0 heterocycles. The van der Waals surface area contributed by atoms with Crippen molar-refractivity contribution in [3.63, 3.8) is 0 Å². The van der Waals surface area contributed by atoms with Crippen molar-refractivity contribution in [1.29, 1.82) is 10.5 Å². The zero-order valence-electron chi connectivity index (χ0n) is 8.36. The minimum absolute atomic E-state index is 0.0243. The molecule has 0 amide bonds. The predicted octanol–water partition coefficient (Wildman–Crippen LogP) is 1.21. The summed E-state index contributed by atoms with van der Waals surface area (Å²) in [6.07, 6.45) is 3.89. The van der Waals surface area contributed by atoms with Gasteiger partial charge in [0.1, 0.15) is 9.84 Å². The Bertz CT molecular complexity index is 298. The molecule has 0 unspecified atom stereocenters. The largest absolute Gasteiger partial charge is 0.229 e. The Labute approximate surface area is 89.8 Å². The molecule has 0 rings (SSSR count). The third-order valence-corrected chi connectivity index (χ3v) is 2.56. The van der Waals surface area contributed by atoms with E-state index in [9.17, 15) is 8.42 Å². The molecular formula is C8H14N2O2S2. The van der Waals surface area contributed by atoms with E-state index in [1.165, 1.54) is 0 Å². The summed E-state index contributed by atoms with van der Waals surface area (Å²) in [6.45, 7) is 0. The van der Waals surface area contributed by atoms with Crippen LogP contribution >= 0.6 is 11.8 Å². The molecule has 0 aromatic heterocycles. The summed E-state index contributed by atoms with van der Waals surface area (Å²) in [5.74, 6) is 0.944. The molecular weight excluding hydrogens is 220 g/mol. The molecule has 0 aliphatic rings. The molecule has 14 heavy (non-hydrogen) atoms. The maximum absolute atomic E-state index is 10.2. The fourth-order valence-electron chi connectivity index (χ4n) is 0.379. The van der Waals surface area contributed by atoms with Gasteiger partial charge in [0, 0.05) is 24.9 Å². The summed E-state index contributed by atoms with van der Waals surface area (Å²) in [5, 5.41) is 15.8. The molecule has 4 nitrogen and oxygen atoms in total. The van der Waals surface area contributed by atoms with Crippen LogP contribution < -0.4 is 0 Å². The van der Waals surface area contributed by atoms with Crippen molar-refractivity contribution in [3.05, 3.63) is 0 Å². The van der Waals surface area contributed by atoms with Gasteiger partial charge in [-0.3, -0.25) is 0 Å². The Hall–Kier alpha value is -0.720. The average molecular weight is 234 g/mol. The number of rotatable bonds is 4. The lowest BCUT2D eigenvalue weighted by atomic mass is 10.6. The Morgan fingerprint density at radius 2 is 1.71 bits per heavy atom. The molecule has 0 spiro atoms. The Kier molecular flexibility index (Phi) is 11.6. The Balaban J connectivity index is 0. The number of nitriles is 2. The van der Waals surface area contributed by atoms with Crippen LogP contribution in [0.3, 0.4) is 0 Å². The van der Waals surface area contributed by atoms with E-state index in [2.05, 4.69) is 0 Å². The minimum Gasteiger partial charge on any atom is -0.229 e. The van der Waals surface area contributed by atoms with Gasteiger partial charge >= 0.3 is 0 Å². The molecule has 0 aromatic rings. The minimum atomic E-state index is -2.91. The van der Waals surface area contributed by atoms with Crippen molar-refractivity contribution >= 4 is 21.6 Å². The van der Waals surface area contributed by atoms with Gasteiger partial charge in [-0.15, -0.1) is 0 Å². The van der Waals surface area contributed by atoms with Crippen LogP contribution in [0.5, 0.6) is 0 Å². The molecule has 0 N–H and O–H groups in total. The normalized spacial score (nSPS) is 9.14. The summed E-state index contributed by atoms with van der Waals surface area (Å²) < 4.78 is 20.5. The van der Waals surface area contributed by atoms with Crippen molar-refractivity contribution in [2.45, 2.75) is 12.8 Å². The van der Waals surface area contributed by atoms with E-state index < -0.39 is 9.84 Å². The summed E-state index contributed by atoms with van der Waals surface area (Å²) in [6, 6.07) is 3.79. The highest BCUT2D eigenvalue weighted by atomic mass is 32.2. The first-order valence-electron chi connectivity index (χ1n) is 3.88. The zero-order valence-corrected chi connectivity index (χ0v) is 9.99. The van der Waals surface area contributed by atoms with Gasteiger partial charge in [-0.05, 0) is 6.26 Å². The van der Waals surface area contributed by atoms with Crippen molar-refractivity contribution in [3.8, 4) is 12.1 Å². The van der Waals surface area contributed by atoms with Crippen LogP contribution in [0.25, 0.3) is 0 Å². The first kappa shape index (κ1) is 15.7. The number of thioether (sulfide) groups is 1. The molecule has 0 saturated carbocycles. The van der Waals surface area contributed by atoms with E-state index in [4.69, 9.17) is 10.5 Å². The lowest BCUT2D eigenvalue weighted by molar-refractivity contribution is 0.601. The molecule has 80 valence electrons. The third-order valence-electron chi connectivity index (χ3n) is 1.00. The Morgan fingerprint density at radius 1 is 1.21 bits per heavy atom. The fourth-order valence-corrected chi connectivity index (χ4v) is 1.14. The monoisotopic (exact) mass is 234 g/mol. The molecule has 6 heteroatoms. The maximum Gasteiger partial charge on any atom is 0.148 e. The van der Waals surface area contributed by atoms with Gasteiger partial charge in [-0.25, -0.2) is 8.42 Å². The Morgan fingerprint density at radius 3 is 1.86 bits per heavy atom. The third kappa shape index (κ3) is 22.5. The standard InChI is InChI=1S/C4H7NO2S.C4H7NS/c1-8(6,7)4-2-3-5;1-6-4-2-3-5/h2,4H2,1H3;2,4H2,1H3. The van der Waals surface area contributed by atoms with Gasteiger partial charge in [0.2, 0.25) is 0 Å². The lowest BCUT2D eigenvalue weighted by Crippen LogP contribution is -2.00. The number of hydrogen-bond donors (Lipinski definition) is 0. The SMILES string of the molecule is CS(=O)(=O)CCC#N.CSCCC#N. The van der Waals surface area contributed by atoms with Gasteiger partial charge in [-0.2, -0.15) is 22.3 Å². The van der Waals surface area contributed by atoms with Gasteiger partial charge in [0.25, 0.3) is 0 Å². The molecule has 0 radical (unpaired) electrons. The molecule has 0 bridgehead atoms. The zero-order chi connectivity index (χ0) is 11.4. The van der Waals surface area contributed by atoms with E-state index in [-0.39, 0.29) is 12.2 Å². The highest BCUT2D eigenvalue weighted by Crippen LogP contribution is 1.91. The average Bonchev–Trinajstić information content (AvgIpc) is 2.11.